The van der Waals surface area contributed by atoms with Crippen LogP contribution in [0.3, 0.4) is 0 Å². The predicted molar refractivity (Wildman–Crippen MR) is 58.9 cm³/mol. The summed E-state index contributed by atoms with van der Waals surface area (Å²) in [4.78, 5) is 20.7. The van der Waals surface area contributed by atoms with Crippen molar-refractivity contribution in [1.29, 1.82) is 0 Å². The highest BCUT2D eigenvalue weighted by Crippen LogP contribution is 2.01. The summed E-state index contributed by atoms with van der Waals surface area (Å²) in [5.41, 5.74) is 0.469. The van der Waals surface area contributed by atoms with Crippen LogP contribution in [0.15, 0.2) is 30.3 Å². The summed E-state index contributed by atoms with van der Waals surface area (Å²) < 4.78 is 5.15. The average Bonchev–Trinajstić information content (AvgIpc) is 2.34. The van der Waals surface area contributed by atoms with Gasteiger partial charge in [-0.1, -0.05) is 25.1 Å². The van der Waals surface area contributed by atoms with E-state index in [2.05, 4.69) is 4.89 Å². The van der Waals surface area contributed by atoms with Crippen molar-refractivity contribution in [2.45, 2.75) is 13.3 Å². The molecule has 0 aliphatic heterocycles. The third kappa shape index (κ3) is 4.91. The summed E-state index contributed by atoms with van der Waals surface area (Å²) in [6.07, 6.45) is 0.962. The zero-order valence-corrected chi connectivity index (χ0v) is 9.35. The van der Waals surface area contributed by atoms with Gasteiger partial charge in [-0.25, -0.2) is 4.79 Å². The van der Waals surface area contributed by atoms with E-state index < -0.39 is 5.97 Å². The molecule has 4 heteroatoms. The van der Waals surface area contributed by atoms with Crippen LogP contribution in [0.5, 0.6) is 0 Å². The highest BCUT2D eigenvalue weighted by Gasteiger charge is 2.06. The molecule has 1 rings (SSSR count). The molecule has 0 aliphatic rings. The Morgan fingerprint density at radius 1 is 1.12 bits per heavy atom. The monoisotopic (exact) mass is 224 g/mol. The molecule has 0 spiro atoms. The van der Waals surface area contributed by atoms with Crippen molar-refractivity contribution in [1.82, 2.24) is 0 Å². The number of ether oxygens (including phenoxy) is 1. The van der Waals surface area contributed by atoms with Crippen molar-refractivity contribution >= 4 is 5.97 Å². The van der Waals surface area contributed by atoms with Crippen LogP contribution in [0.4, 0.5) is 0 Å². The van der Waals surface area contributed by atoms with Crippen molar-refractivity contribution in [3.8, 4) is 0 Å². The molecular weight excluding hydrogens is 208 g/mol. The van der Waals surface area contributed by atoms with E-state index in [4.69, 9.17) is 9.62 Å². The summed E-state index contributed by atoms with van der Waals surface area (Å²) >= 11 is 0. The molecule has 1 aromatic rings. The van der Waals surface area contributed by atoms with E-state index in [1.54, 1.807) is 24.3 Å². The number of hydrogen-bond donors (Lipinski definition) is 0. The Bertz CT molecular complexity index is 297. The fourth-order valence-electron chi connectivity index (χ4n) is 1.06. The Labute approximate surface area is 95.1 Å². The molecule has 0 unspecified atom stereocenters. The Hall–Kier alpha value is -1.39. The molecule has 88 valence electrons. The fraction of sp³-hybridized carbons (Fsp3) is 0.417. The molecule has 0 saturated carbocycles. The second-order valence-corrected chi connectivity index (χ2v) is 3.17. The van der Waals surface area contributed by atoms with Gasteiger partial charge in [0.25, 0.3) is 0 Å². The maximum absolute atomic E-state index is 11.3. The molecular formula is C12H16O4. The van der Waals surface area contributed by atoms with Gasteiger partial charge in [0.1, 0.15) is 6.61 Å². The smallest absolute Gasteiger partial charge is 0.373 e. The van der Waals surface area contributed by atoms with E-state index in [0.717, 1.165) is 6.42 Å². The lowest BCUT2D eigenvalue weighted by molar-refractivity contribution is -0.247. The van der Waals surface area contributed by atoms with Gasteiger partial charge in [0.2, 0.25) is 0 Å². The Morgan fingerprint density at radius 2 is 1.88 bits per heavy atom. The Kier molecular flexibility index (Phi) is 6.22. The van der Waals surface area contributed by atoms with E-state index in [-0.39, 0.29) is 6.61 Å². The van der Waals surface area contributed by atoms with Crippen LogP contribution in [0, 0.1) is 0 Å². The maximum atomic E-state index is 11.3. The van der Waals surface area contributed by atoms with E-state index in [9.17, 15) is 4.79 Å². The quantitative estimate of drug-likeness (QED) is 0.404. The van der Waals surface area contributed by atoms with Crippen LogP contribution in [0.2, 0.25) is 0 Å². The third-order valence-electron chi connectivity index (χ3n) is 1.80. The molecule has 0 bridgehead atoms. The van der Waals surface area contributed by atoms with Crippen molar-refractivity contribution in [2.75, 3.05) is 19.8 Å². The SMILES string of the molecule is CCCOCCOOC(=O)c1ccccc1. The zero-order valence-electron chi connectivity index (χ0n) is 9.35. The summed E-state index contributed by atoms with van der Waals surface area (Å²) in [7, 11) is 0. The molecule has 0 radical (unpaired) electrons. The molecule has 1 aromatic carbocycles. The van der Waals surface area contributed by atoms with Gasteiger partial charge >= 0.3 is 5.97 Å². The first-order chi connectivity index (χ1) is 7.84. The fourth-order valence-corrected chi connectivity index (χ4v) is 1.06. The molecule has 0 N–H and O–H groups in total. The largest absolute Gasteiger partial charge is 0.379 e. The summed E-state index contributed by atoms with van der Waals surface area (Å²) in [6.45, 7) is 3.39. The Balaban J connectivity index is 2.12. The second-order valence-electron chi connectivity index (χ2n) is 3.17. The van der Waals surface area contributed by atoms with Gasteiger partial charge in [-0.15, -0.1) is 0 Å². The van der Waals surface area contributed by atoms with Gasteiger partial charge in [-0.05, 0) is 18.6 Å². The lowest BCUT2D eigenvalue weighted by atomic mass is 10.2. The van der Waals surface area contributed by atoms with Crippen LogP contribution in [0.25, 0.3) is 0 Å². The highest BCUT2D eigenvalue weighted by molar-refractivity contribution is 5.88. The average molecular weight is 224 g/mol. The summed E-state index contributed by atoms with van der Waals surface area (Å²) in [6, 6.07) is 8.69. The van der Waals surface area contributed by atoms with Crippen LogP contribution >= 0.6 is 0 Å². The minimum atomic E-state index is -0.490. The first-order valence-electron chi connectivity index (χ1n) is 5.31. The van der Waals surface area contributed by atoms with E-state index in [1.807, 2.05) is 13.0 Å². The van der Waals surface area contributed by atoms with Crippen LogP contribution in [-0.4, -0.2) is 25.8 Å². The van der Waals surface area contributed by atoms with Crippen LogP contribution < -0.4 is 0 Å². The van der Waals surface area contributed by atoms with Crippen LogP contribution in [0.1, 0.15) is 23.7 Å². The molecule has 0 aromatic heterocycles. The maximum Gasteiger partial charge on any atom is 0.373 e. The minimum Gasteiger partial charge on any atom is -0.379 e. The van der Waals surface area contributed by atoms with Gasteiger partial charge in [0, 0.05) is 6.61 Å². The minimum absolute atomic E-state index is 0.249. The number of carbonyl (C=O) groups is 1. The summed E-state index contributed by atoms with van der Waals surface area (Å²) in [5, 5.41) is 0. The molecule has 16 heavy (non-hydrogen) atoms. The molecule has 0 atom stereocenters. The van der Waals surface area contributed by atoms with Gasteiger partial charge in [-0.2, -0.15) is 4.89 Å². The molecule has 0 aliphatic carbocycles. The lowest BCUT2D eigenvalue weighted by Crippen LogP contribution is -2.10. The molecule has 0 fully saturated rings. The van der Waals surface area contributed by atoms with Crippen molar-refractivity contribution < 1.29 is 19.3 Å². The Morgan fingerprint density at radius 3 is 2.56 bits per heavy atom. The van der Waals surface area contributed by atoms with Crippen molar-refractivity contribution in [3.05, 3.63) is 35.9 Å². The van der Waals surface area contributed by atoms with Gasteiger partial charge in [-0.3, -0.25) is 4.89 Å². The van der Waals surface area contributed by atoms with Gasteiger partial charge in [0.15, 0.2) is 0 Å². The molecule has 4 nitrogen and oxygen atoms in total. The number of carbonyl (C=O) groups excluding carboxylic acids is 1. The number of hydrogen-bond acceptors (Lipinski definition) is 4. The van der Waals surface area contributed by atoms with E-state index in [1.165, 1.54) is 0 Å². The van der Waals surface area contributed by atoms with E-state index >= 15 is 0 Å². The molecule has 0 amide bonds. The number of benzene rings is 1. The first kappa shape index (κ1) is 12.7. The normalized spacial score (nSPS) is 10.1. The van der Waals surface area contributed by atoms with Crippen molar-refractivity contribution in [3.63, 3.8) is 0 Å². The van der Waals surface area contributed by atoms with Crippen molar-refractivity contribution in [2.24, 2.45) is 0 Å². The first-order valence-corrected chi connectivity index (χ1v) is 5.31. The summed E-state index contributed by atoms with van der Waals surface area (Å²) in [5.74, 6) is -0.490. The molecule has 0 heterocycles. The van der Waals surface area contributed by atoms with Crippen LogP contribution in [-0.2, 0) is 14.5 Å². The second kappa shape index (κ2) is 7.84. The van der Waals surface area contributed by atoms with Gasteiger partial charge in [0.05, 0.1) is 12.2 Å². The third-order valence-corrected chi connectivity index (χ3v) is 1.80. The highest BCUT2D eigenvalue weighted by atomic mass is 17.2. The standard InChI is InChI=1S/C12H16O4/c1-2-8-14-9-10-15-16-12(13)11-6-4-3-5-7-11/h3-7H,2,8-10H2,1H3. The molecule has 0 saturated heterocycles. The zero-order chi connectivity index (χ0) is 11.6. The lowest BCUT2D eigenvalue weighted by Gasteiger charge is -2.04. The predicted octanol–water partition coefficient (Wildman–Crippen LogP) is 2.20. The number of rotatable bonds is 7. The van der Waals surface area contributed by atoms with E-state index in [0.29, 0.717) is 18.8 Å². The van der Waals surface area contributed by atoms with Gasteiger partial charge < -0.3 is 4.74 Å². The topological polar surface area (TPSA) is 44.8 Å².